The maximum absolute atomic E-state index is 12.3. The first-order chi connectivity index (χ1) is 9.69. The van der Waals surface area contributed by atoms with Gasteiger partial charge in [0.1, 0.15) is 0 Å². The number of hydrogen-bond donors (Lipinski definition) is 1. The summed E-state index contributed by atoms with van der Waals surface area (Å²) < 4.78 is 5.27. The molecule has 0 aromatic rings. The molecule has 2 aliphatic heterocycles. The van der Waals surface area contributed by atoms with Crippen molar-refractivity contribution in [2.45, 2.75) is 19.3 Å². The SMILES string of the molecule is C=CC[C@@]1(CO)CCCN(CC(=O)N2CCOCC2)C1. The van der Waals surface area contributed by atoms with Crippen LogP contribution in [0.25, 0.3) is 0 Å². The van der Waals surface area contributed by atoms with Gasteiger partial charge in [0.15, 0.2) is 0 Å². The van der Waals surface area contributed by atoms with Crippen LogP contribution in [0.5, 0.6) is 0 Å². The first-order valence-electron chi connectivity index (χ1n) is 7.49. The third-order valence-electron chi connectivity index (χ3n) is 4.38. The van der Waals surface area contributed by atoms with Gasteiger partial charge < -0.3 is 14.7 Å². The van der Waals surface area contributed by atoms with Crippen LogP contribution in [0.4, 0.5) is 0 Å². The van der Waals surface area contributed by atoms with Crippen molar-refractivity contribution in [3.63, 3.8) is 0 Å². The van der Waals surface area contributed by atoms with Gasteiger partial charge in [-0.1, -0.05) is 6.08 Å². The van der Waals surface area contributed by atoms with Crippen LogP contribution in [0, 0.1) is 5.41 Å². The largest absolute Gasteiger partial charge is 0.396 e. The molecule has 0 aromatic carbocycles. The standard InChI is InChI=1S/C15H26N2O3/c1-2-4-15(13-18)5-3-6-16(12-15)11-14(19)17-7-9-20-10-8-17/h2,18H,1,3-13H2/t15-/m1/s1. The van der Waals surface area contributed by atoms with E-state index < -0.39 is 0 Å². The summed E-state index contributed by atoms with van der Waals surface area (Å²) >= 11 is 0. The maximum atomic E-state index is 12.3. The van der Waals surface area contributed by atoms with Gasteiger partial charge in [0, 0.05) is 25.0 Å². The average Bonchev–Trinajstić information content (AvgIpc) is 2.49. The third kappa shape index (κ3) is 3.81. The number of morpholine rings is 1. The van der Waals surface area contributed by atoms with Crippen molar-refractivity contribution in [1.29, 1.82) is 0 Å². The Balaban J connectivity index is 1.88. The minimum absolute atomic E-state index is 0.106. The molecular formula is C15H26N2O3. The van der Waals surface area contributed by atoms with Gasteiger partial charge in [-0.15, -0.1) is 6.58 Å². The fourth-order valence-corrected chi connectivity index (χ4v) is 3.22. The highest BCUT2D eigenvalue weighted by atomic mass is 16.5. The molecule has 2 saturated heterocycles. The molecule has 1 N–H and O–H groups in total. The normalized spacial score (nSPS) is 28.4. The van der Waals surface area contributed by atoms with Gasteiger partial charge in [-0.05, 0) is 25.8 Å². The molecule has 2 rings (SSSR count). The Morgan fingerprint density at radius 3 is 2.75 bits per heavy atom. The van der Waals surface area contributed by atoms with Gasteiger partial charge in [0.2, 0.25) is 5.91 Å². The summed E-state index contributed by atoms with van der Waals surface area (Å²) in [5.74, 6) is 0.181. The highest BCUT2D eigenvalue weighted by molar-refractivity contribution is 5.78. The lowest BCUT2D eigenvalue weighted by Crippen LogP contribution is -2.51. The number of likely N-dealkylation sites (tertiary alicyclic amines) is 1. The highest BCUT2D eigenvalue weighted by Crippen LogP contribution is 2.33. The zero-order valence-corrected chi connectivity index (χ0v) is 12.2. The molecule has 5 heteroatoms. The van der Waals surface area contributed by atoms with E-state index in [0.29, 0.717) is 32.8 Å². The van der Waals surface area contributed by atoms with Crippen molar-refractivity contribution in [2.75, 3.05) is 52.5 Å². The molecule has 0 aliphatic carbocycles. The van der Waals surface area contributed by atoms with Crippen LogP contribution in [0.3, 0.4) is 0 Å². The summed E-state index contributed by atoms with van der Waals surface area (Å²) in [5.41, 5.74) is -0.106. The van der Waals surface area contributed by atoms with Crippen LogP contribution in [-0.2, 0) is 9.53 Å². The number of piperidine rings is 1. The molecule has 5 nitrogen and oxygen atoms in total. The van der Waals surface area contributed by atoms with E-state index in [1.54, 1.807) is 0 Å². The summed E-state index contributed by atoms with van der Waals surface area (Å²) in [6.45, 7) is 8.82. The van der Waals surface area contributed by atoms with Crippen LogP contribution >= 0.6 is 0 Å². The van der Waals surface area contributed by atoms with Gasteiger partial charge >= 0.3 is 0 Å². The van der Waals surface area contributed by atoms with Crippen molar-refractivity contribution < 1.29 is 14.6 Å². The monoisotopic (exact) mass is 282 g/mol. The van der Waals surface area contributed by atoms with E-state index in [4.69, 9.17) is 4.74 Å². The van der Waals surface area contributed by atoms with Crippen LogP contribution < -0.4 is 0 Å². The number of carbonyl (C=O) groups excluding carboxylic acids is 1. The molecule has 1 atom stereocenters. The molecular weight excluding hydrogens is 256 g/mol. The van der Waals surface area contributed by atoms with Gasteiger partial charge in [-0.3, -0.25) is 9.69 Å². The Bertz CT molecular complexity index is 342. The molecule has 2 aliphatic rings. The van der Waals surface area contributed by atoms with E-state index >= 15 is 0 Å². The van der Waals surface area contributed by atoms with E-state index in [0.717, 1.165) is 32.4 Å². The summed E-state index contributed by atoms with van der Waals surface area (Å²) in [6, 6.07) is 0. The fraction of sp³-hybridized carbons (Fsp3) is 0.800. The maximum Gasteiger partial charge on any atom is 0.236 e. The van der Waals surface area contributed by atoms with Crippen molar-refractivity contribution in [2.24, 2.45) is 5.41 Å². The lowest BCUT2D eigenvalue weighted by Gasteiger charge is -2.41. The van der Waals surface area contributed by atoms with E-state index in [9.17, 15) is 9.90 Å². The Labute approximate surface area is 121 Å². The summed E-state index contributed by atoms with van der Waals surface area (Å²) in [7, 11) is 0. The van der Waals surface area contributed by atoms with E-state index in [1.807, 2.05) is 11.0 Å². The second-order valence-electron chi connectivity index (χ2n) is 5.96. The molecule has 114 valence electrons. The smallest absolute Gasteiger partial charge is 0.236 e. The Kier molecular flexibility index (Phi) is 5.57. The number of aliphatic hydroxyl groups is 1. The van der Waals surface area contributed by atoms with Crippen LogP contribution in [-0.4, -0.2) is 73.4 Å². The van der Waals surface area contributed by atoms with Crippen LogP contribution in [0.15, 0.2) is 12.7 Å². The minimum atomic E-state index is -0.106. The predicted molar refractivity (Wildman–Crippen MR) is 77.4 cm³/mol. The molecule has 0 aromatic heterocycles. The molecule has 0 radical (unpaired) electrons. The number of rotatable bonds is 5. The summed E-state index contributed by atoms with van der Waals surface area (Å²) in [4.78, 5) is 16.3. The Morgan fingerprint density at radius 2 is 2.10 bits per heavy atom. The highest BCUT2D eigenvalue weighted by Gasteiger charge is 2.34. The number of ether oxygens (including phenoxy) is 1. The van der Waals surface area contributed by atoms with Gasteiger partial charge in [-0.25, -0.2) is 0 Å². The number of amides is 1. The molecule has 2 heterocycles. The van der Waals surface area contributed by atoms with E-state index in [2.05, 4.69) is 11.5 Å². The zero-order chi connectivity index (χ0) is 14.4. The number of nitrogens with zero attached hydrogens (tertiary/aromatic N) is 2. The second-order valence-corrected chi connectivity index (χ2v) is 5.96. The molecule has 2 fully saturated rings. The molecule has 0 bridgehead atoms. The predicted octanol–water partition coefficient (Wildman–Crippen LogP) is 0.496. The fourth-order valence-electron chi connectivity index (χ4n) is 3.22. The van der Waals surface area contributed by atoms with Crippen molar-refractivity contribution in [3.05, 3.63) is 12.7 Å². The number of carbonyl (C=O) groups is 1. The Hall–Kier alpha value is -0.910. The lowest BCUT2D eigenvalue weighted by atomic mass is 9.78. The summed E-state index contributed by atoms with van der Waals surface area (Å²) in [6.07, 6.45) is 4.73. The molecule has 0 spiro atoms. The van der Waals surface area contributed by atoms with Crippen LogP contribution in [0.1, 0.15) is 19.3 Å². The quantitative estimate of drug-likeness (QED) is 0.746. The number of hydrogen-bond acceptors (Lipinski definition) is 4. The zero-order valence-electron chi connectivity index (χ0n) is 12.2. The first-order valence-corrected chi connectivity index (χ1v) is 7.49. The van der Waals surface area contributed by atoms with Gasteiger partial charge in [0.05, 0.1) is 26.4 Å². The second kappa shape index (κ2) is 7.20. The Morgan fingerprint density at radius 1 is 1.35 bits per heavy atom. The summed E-state index contributed by atoms with van der Waals surface area (Å²) in [5, 5.41) is 9.69. The number of aliphatic hydroxyl groups excluding tert-OH is 1. The van der Waals surface area contributed by atoms with Gasteiger partial charge in [0.25, 0.3) is 0 Å². The van der Waals surface area contributed by atoms with E-state index in [1.165, 1.54) is 0 Å². The van der Waals surface area contributed by atoms with Crippen molar-refractivity contribution in [3.8, 4) is 0 Å². The molecule has 0 saturated carbocycles. The van der Waals surface area contributed by atoms with Crippen LogP contribution in [0.2, 0.25) is 0 Å². The lowest BCUT2D eigenvalue weighted by molar-refractivity contribution is -0.137. The third-order valence-corrected chi connectivity index (χ3v) is 4.38. The van der Waals surface area contributed by atoms with Gasteiger partial charge in [-0.2, -0.15) is 0 Å². The first kappa shape index (κ1) is 15.5. The van der Waals surface area contributed by atoms with Crippen molar-refractivity contribution in [1.82, 2.24) is 9.80 Å². The molecule has 1 amide bonds. The topological polar surface area (TPSA) is 53.0 Å². The number of allylic oxidation sites excluding steroid dienone is 1. The average molecular weight is 282 g/mol. The molecule has 0 unspecified atom stereocenters. The van der Waals surface area contributed by atoms with Crippen molar-refractivity contribution >= 4 is 5.91 Å². The molecule has 20 heavy (non-hydrogen) atoms. The van der Waals surface area contributed by atoms with E-state index in [-0.39, 0.29) is 17.9 Å². The minimum Gasteiger partial charge on any atom is -0.396 e.